The molecular weight excluding hydrogens is 202 g/mol. The number of benzene rings is 1. The normalized spacial score (nSPS) is 25.0. The van der Waals surface area contributed by atoms with Gasteiger partial charge in [0.1, 0.15) is 0 Å². The second kappa shape index (κ2) is 4.15. The SMILES string of the molecule is CS[C@@]1(c2ccccc2)C=C(N)C=CC1. The third kappa shape index (κ3) is 1.95. The van der Waals surface area contributed by atoms with Crippen molar-refractivity contribution in [3.8, 4) is 0 Å². The van der Waals surface area contributed by atoms with Gasteiger partial charge in [-0.15, -0.1) is 11.8 Å². The van der Waals surface area contributed by atoms with Crippen molar-refractivity contribution in [1.29, 1.82) is 0 Å². The van der Waals surface area contributed by atoms with Gasteiger partial charge >= 0.3 is 0 Å². The highest BCUT2D eigenvalue weighted by Crippen LogP contribution is 2.42. The zero-order chi connectivity index (χ0) is 10.7. The number of rotatable bonds is 2. The molecule has 0 bridgehead atoms. The van der Waals surface area contributed by atoms with Crippen LogP contribution in [0.25, 0.3) is 0 Å². The van der Waals surface area contributed by atoms with Crippen molar-refractivity contribution >= 4 is 11.8 Å². The van der Waals surface area contributed by atoms with E-state index in [0.717, 1.165) is 12.1 Å². The molecule has 0 heterocycles. The smallest absolute Gasteiger partial charge is 0.0642 e. The van der Waals surface area contributed by atoms with E-state index in [1.807, 2.05) is 23.9 Å². The van der Waals surface area contributed by atoms with Crippen molar-refractivity contribution in [3.63, 3.8) is 0 Å². The Hall–Kier alpha value is -1.15. The third-order valence-corrected chi connectivity index (χ3v) is 4.01. The number of allylic oxidation sites excluding steroid dienone is 2. The Morgan fingerprint density at radius 1 is 1.27 bits per heavy atom. The minimum Gasteiger partial charge on any atom is -0.399 e. The summed E-state index contributed by atoms with van der Waals surface area (Å²) < 4.78 is 0.0279. The zero-order valence-electron chi connectivity index (χ0n) is 8.81. The van der Waals surface area contributed by atoms with Crippen LogP contribution >= 0.6 is 11.8 Å². The van der Waals surface area contributed by atoms with E-state index in [2.05, 4.69) is 42.7 Å². The van der Waals surface area contributed by atoms with E-state index < -0.39 is 0 Å². The van der Waals surface area contributed by atoms with Gasteiger partial charge in [-0.2, -0.15) is 0 Å². The molecule has 0 unspecified atom stereocenters. The van der Waals surface area contributed by atoms with Gasteiger partial charge in [0.05, 0.1) is 4.75 Å². The van der Waals surface area contributed by atoms with E-state index in [0.29, 0.717) is 0 Å². The zero-order valence-corrected chi connectivity index (χ0v) is 9.63. The van der Waals surface area contributed by atoms with E-state index in [-0.39, 0.29) is 4.75 Å². The summed E-state index contributed by atoms with van der Waals surface area (Å²) in [7, 11) is 0. The summed E-state index contributed by atoms with van der Waals surface area (Å²) in [6.07, 6.45) is 9.44. The van der Waals surface area contributed by atoms with Crippen LogP contribution in [0.15, 0.2) is 54.3 Å². The Kier molecular flexibility index (Phi) is 2.87. The van der Waals surface area contributed by atoms with E-state index in [1.165, 1.54) is 5.56 Å². The van der Waals surface area contributed by atoms with E-state index >= 15 is 0 Å². The highest BCUT2D eigenvalue weighted by Gasteiger charge is 2.29. The van der Waals surface area contributed by atoms with Gasteiger partial charge < -0.3 is 5.73 Å². The van der Waals surface area contributed by atoms with E-state index in [9.17, 15) is 0 Å². The molecular formula is C13H15NS. The molecule has 1 aliphatic carbocycles. The van der Waals surface area contributed by atoms with Crippen LogP contribution in [0.2, 0.25) is 0 Å². The monoisotopic (exact) mass is 217 g/mol. The van der Waals surface area contributed by atoms with Gasteiger partial charge in [-0.25, -0.2) is 0 Å². The lowest BCUT2D eigenvalue weighted by atomic mass is 9.90. The number of hydrogen-bond donors (Lipinski definition) is 1. The van der Waals surface area contributed by atoms with Crippen LogP contribution in [-0.4, -0.2) is 6.26 Å². The minimum atomic E-state index is 0.0279. The number of hydrogen-bond acceptors (Lipinski definition) is 2. The molecule has 15 heavy (non-hydrogen) atoms. The van der Waals surface area contributed by atoms with Crippen molar-refractivity contribution in [3.05, 3.63) is 59.8 Å². The molecule has 0 saturated carbocycles. The van der Waals surface area contributed by atoms with Gasteiger partial charge in [0, 0.05) is 5.70 Å². The Bertz CT molecular complexity index is 394. The molecule has 0 saturated heterocycles. The molecule has 0 radical (unpaired) electrons. The lowest BCUT2D eigenvalue weighted by Gasteiger charge is -2.30. The Balaban J connectivity index is 2.43. The second-order valence-corrected chi connectivity index (χ2v) is 4.85. The number of nitrogens with two attached hydrogens (primary N) is 1. The van der Waals surface area contributed by atoms with Crippen LogP contribution in [0.4, 0.5) is 0 Å². The fourth-order valence-corrected chi connectivity index (χ4v) is 2.82. The van der Waals surface area contributed by atoms with E-state index in [1.54, 1.807) is 0 Å². The van der Waals surface area contributed by atoms with Crippen LogP contribution in [0.5, 0.6) is 0 Å². The molecule has 0 aliphatic heterocycles. The Morgan fingerprint density at radius 3 is 2.60 bits per heavy atom. The summed E-state index contributed by atoms with van der Waals surface area (Å²) >= 11 is 1.84. The second-order valence-electron chi connectivity index (χ2n) is 3.71. The first kappa shape index (κ1) is 10.4. The van der Waals surface area contributed by atoms with Gasteiger partial charge in [0.25, 0.3) is 0 Å². The molecule has 2 rings (SSSR count). The topological polar surface area (TPSA) is 26.0 Å². The molecule has 1 aromatic carbocycles. The molecule has 1 nitrogen and oxygen atoms in total. The highest BCUT2D eigenvalue weighted by molar-refractivity contribution is 7.99. The van der Waals surface area contributed by atoms with Crippen LogP contribution < -0.4 is 5.73 Å². The van der Waals surface area contributed by atoms with Crippen LogP contribution in [-0.2, 0) is 4.75 Å². The van der Waals surface area contributed by atoms with Gasteiger partial charge in [0.15, 0.2) is 0 Å². The van der Waals surface area contributed by atoms with Gasteiger partial charge in [-0.05, 0) is 30.4 Å². The first-order valence-corrected chi connectivity index (χ1v) is 6.25. The van der Waals surface area contributed by atoms with Gasteiger partial charge in [0.2, 0.25) is 0 Å². The predicted molar refractivity (Wildman–Crippen MR) is 67.7 cm³/mol. The lowest BCUT2D eigenvalue weighted by molar-refractivity contribution is 0.771. The standard InChI is InChI=1S/C13H15NS/c1-15-13(9-5-8-12(14)10-13)11-6-3-2-4-7-11/h2-8,10H,9,14H2,1H3/t13-/m1/s1. The van der Waals surface area contributed by atoms with Crippen molar-refractivity contribution in [1.82, 2.24) is 0 Å². The molecule has 1 atom stereocenters. The summed E-state index contributed by atoms with van der Waals surface area (Å²) in [6, 6.07) is 10.5. The van der Waals surface area contributed by atoms with Crippen LogP contribution in [0, 0.1) is 0 Å². The maximum atomic E-state index is 5.88. The van der Waals surface area contributed by atoms with Crippen LogP contribution in [0.1, 0.15) is 12.0 Å². The summed E-state index contributed by atoms with van der Waals surface area (Å²) in [5.74, 6) is 0. The molecule has 0 aromatic heterocycles. The maximum absolute atomic E-state index is 5.88. The van der Waals surface area contributed by atoms with Crippen molar-refractivity contribution in [2.75, 3.05) is 6.26 Å². The maximum Gasteiger partial charge on any atom is 0.0642 e. The predicted octanol–water partition coefficient (Wildman–Crippen LogP) is 3.05. The molecule has 1 aliphatic rings. The average molecular weight is 217 g/mol. The van der Waals surface area contributed by atoms with Crippen molar-refractivity contribution < 1.29 is 0 Å². The lowest BCUT2D eigenvalue weighted by Crippen LogP contribution is -2.22. The molecule has 0 fully saturated rings. The fourth-order valence-electron chi connectivity index (χ4n) is 1.93. The first-order chi connectivity index (χ1) is 7.27. The summed E-state index contributed by atoms with van der Waals surface area (Å²) in [6.45, 7) is 0. The largest absolute Gasteiger partial charge is 0.399 e. The minimum absolute atomic E-state index is 0.0279. The highest BCUT2D eigenvalue weighted by atomic mass is 32.2. The van der Waals surface area contributed by atoms with Crippen molar-refractivity contribution in [2.24, 2.45) is 5.73 Å². The third-order valence-electron chi connectivity index (χ3n) is 2.76. The Morgan fingerprint density at radius 2 is 2.00 bits per heavy atom. The molecule has 1 aromatic rings. The molecule has 0 spiro atoms. The van der Waals surface area contributed by atoms with E-state index in [4.69, 9.17) is 5.73 Å². The quantitative estimate of drug-likeness (QED) is 0.824. The molecule has 2 N–H and O–H groups in total. The number of thioether (sulfide) groups is 1. The summed E-state index contributed by atoms with van der Waals surface area (Å²) in [5, 5.41) is 0. The molecule has 78 valence electrons. The van der Waals surface area contributed by atoms with Gasteiger partial charge in [-0.1, -0.05) is 36.4 Å². The van der Waals surface area contributed by atoms with Crippen LogP contribution in [0.3, 0.4) is 0 Å². The summed E-state index contributed by atoms with van der Waals surface area (Å²) in [5.41, 5.74) is 8.07. The molecule has 0 amide bonds. The molecule has 2 heteroatoms. The van der Waals surface area contributed by atoms with Gasteiger partial charge in [-0.3, -0.25) is 0 Å². The van der Waals surface area contributed by atoms with Crippen molar-refractivity contribution in [2.45, 2.75) is 11.2 Å². The summed E-state index contributed by atoms with van der Waals surface area (Å²) in [4.78, 5) is 0. The Labute approximate surface area is 95.1 Å². The average Bonchev–Trinajstić information content (AvgIpc) is 2.30. The first-order valence-electron chi connectivity index (χ1n) is 5.02. The fraction of sp³-hybridized carbons (Fsp3) is 0.231.